The lowest BCUT2D eigenvalue weighted by Gasteiger charge is -2.05. The number of esters is 1. The van der Waals surface area contributed by atoms with Crippen LogP contribution in [0.1, 0.15) is 23.1 Å². The summed E-state index contributed by atoms with van der Waals surface area (Å²) in [5.41, 5.74) is 4.40. The van der Waals surface area contributed by atoms with Crippen molar-refractivity contribution in [3.63, 3.8) is 0 Å². The van der Waals surface area contributed by atoms with Crippen LogP contribution in [0.25, 0.3) is 10.2 Å². The summed E-state index contributed by atoms with van der Waals surface area (Å²) < 4.78 is 7.59. The van der Waals surface area contributed by atoms with Gasteiger partial charge in [-0.1, -0.05) is 29.0 Å². The van der Waals surface area contributed by atoms with Gasteiger partial charge in [-0.25, -0.2) is 0 Å². The Morgan fingerprint density at radius 1 is 1.10 bits per heavy atom. The summed E-state index contributed by atoms with van der Waals surface area (Å²) in [5, 5.41) is 0. The highest BCUT2D eigenvalue weighted by molar-refractivity contribution is 7.99. The molecule has 7 heteroatoms. The molecule has 0 unspecified atom stereocenters. The molecule has 0 saturated carbocycles. The van der Waals surface area contributed by atoms with Crippen LogP contribution in [0.4, 0.5) is 0 Å². The zero-order valence-corrected chi connectivity index (χ0v) is 18.7. The Labute approximate surface area is 178 Å². The van der Waals surface area contributed by atoms with E-state index in [0.717, 1.165) is 26.2 Å². The highest BCUT2D eigenvalue weighted by Gasteiger charge is 2.13. The van der Waals surface area contributed by atoms with Gasteiger partial charge in [0.15, 0.2) is 4.80 Å². The minimum absolute atomic E-state index is 0.0310. The fourth-order valence-electron chi connectivity index (χ4n) is 2.81. The van der Waals surface area contributed by atoms with Gasteiger partial charge in [0, 0.05) is 17.1 Å². The molecule has 152 valence electrons. The lowest BCUT2D eigenvalue weighted by atomic mass is 10.1. The molecule has 1 amide bonds. The Bertz CT molecular complexity index is 1110. The molecule has 0 aliphatic heterocycles. The Kier molecular flexibility index (Phi) is 6.92. The summed E-state index contributed by atoms with van der Waals surface area (Å²) in [5.74, 6) is 0.0980. The molecule has 1 aromatic heterocycles. The molecule has 0 bridgehead atoms. The second kappa shape index (κ2) is 9.41. The number of carbonyl (C=O) groups is 2. The number of hydrogen-bond acceptors (Lipinski definition) is 5. The third-order valence-electron chi connectivity index (χ3n) is 4.64. The summed E-state index contributed by atoms with van der Waals surface area (Å²) >= 11 is 3.06. The summed E-state index contributed by atoms with van der Waals surface area (Å²) in [4.78, 5) is 30.3. The van der Waals surface area contributed by atoms with Crippen molar-refractivity contribution in [2.45, 2.75) is 38.6 Å². The molecular formula is C22H24N2O3S2. The van der Waals surface area contributed by atoms with E-state index in [9.17, 15) is 9.59 Å². The smallest absolute Gasteiger partial charge is 0.325 e. The molecule has 3 aromatic rings. The third-order valence-corrected chi connectivity index (χ3v) is 6.69. The van der Waals surface area contributed by atoms with Crippen LogP contribution >= 0.6 is 23.1 Å². The normalized spacial score (nSPS) is 11.8. The number of fused-ring (bicyclic) bond motifs is 1. The highest BCUT2D eigenvalue weighted by Crippen LogP contribution is 2.22. The number of methoxy groups -OCH3 is 1. The average molecular weight is 429 g/mol. The molecule has 0 spiro atoms. The predicted molar refractivity (Wildman–Crippen MR) is 118 cm³/mol. The van der Waals surface area contributed by atoms with Crippen molar-refractivity contribution in [1.82, 2.24) is 4.57 Å². The molecule has 0 N–H and O–H groups in total. The lowest BCUT2D eigenvalue weighted by Crippen LogP contribution is -2.22. The number of thioether (sulfide) groups is 1. The van der Waals surface area contributed by atoms with E-state index in [1.807, 2.05) is 19.9 Å². The number of aromatic nitrogens is 1. The van der Waals surface area contributed by atoms with Crippen LogP contribution in [0.2, 0.25) is 0 Å². The summed E-state index contributed by atoms with van der Waals surface area (Å²) in [7, 11) is 1.36. The number of hydrogen-bond donors (Lipinski definition) is 0. The van der Waals surface area contributed by atoms with E-state index in [1.54, 1.807) is 16.3 Å². The molecule has 1 heterocycles. The quantitative estimate of drug-likeness (QED) is 0.431. The summed E-state index contributed by atoms with van der Waals surface area (Å²) in [6, 6.07) is 12.3. The van der Waals surface area contributed by atoms with Gasteiger partial charge in [0.1, 0.15) is 6.54 Å². The molecule has 0 atom stereocenters. The monoisotopic (exact) mass is 428 g/mol. The Morgan fingerprint density at radius 2 is 1.79 bits per heavy atom. The highest BCUT2D eigenvalue weighted by atomic mass is 32.2. The van der Waals surface area contributed by atoms with Gasteiger partial charge in [-0.2, -0.15) is 4.99 Å². The van der Waals surface area contributed by atoms with Crippen LogP contribution in [-0.2, 0) is 20.9 Å². The number of thiazole rings is 1. The van der Waals surface area contributed by atoms with Crippen LogP contribution in [0.3, 0.4) is 0 Å². The maximum Gasteiger partial charge on any atom is 0.325 e. The summed E-state index contributed by atoms with van der Waals surface area (Å²) in [6.45, 7) is 6.15. The van der Waals surface area contributed by atoms with Crippen molar-refractivity contribution in [2.24, 2.45) is 4.99 Å². The van der Waals surface area contributed by atoms with Crippen molar-refractivity contribution < 1.29 is 14.3 Å². The van der Waals surface area contributed by atoms with E-state index in [1.165, 1.54) is 24.0 Å². The maximum absolute atomic E-state index is 12.5. The van der Waals surface area contributed by atoms with Crippen molar-refractivity contribution >= 4 is 45.2 Å². The first-order valence-electron chi connectivity index (χ1n) is 9.32. The predicted octanol–water partition coefficient (Wildman–Crippen LogP) is 4.41. The van der Waals surface area contributed by atoms with Gasteiger partial charge < -0.3 is 9.30 Å². The maximum atomic E-state index is 12.5. The summed E-state index contributed by atoms with van der Waals surface area (Å²) in [6.07, 6.45) is 0.336. The Balaban J connectivity index is 1.83. The van der Waals surface area contributed by atoms with Gasteiger partial charge in [0.25, 0.3) is 0 Å². The molecule has 0 radical (unpaired) electrons. The van der Waals surface area contributed by atoms with Gasteiger partial charge in [0.05, 0.1) is 17.3 Å². The van der Waals surface area contributed by atoms with E-state index < -0.39 is 0 Å². The molecule has 0 saturated heterocycles. The Morgan fingerprint density at radius 3 is 2.48 bits per heavy atom. The lowest BCUT2D eigenvalue weighted by molar-refractivity contribution is -0.141. The second-order valence-electron chi connectivity index (χ2n) is 6.87. The fourth-order valence-corrected chi connectivity index (χ4v) is 4.77. The molecule has 3 rings (SSSR count). The van der Waals surface area contributed by atoms with E-state index in [-0.39, 0.29) is 18.4 Å². The third kappa shape index (κ3) is 5.36. The van der Waals surface area contributed by atoms with Crippen LogP contribution in [0.5, 0.6) is 0 Å². The number of benzene rings is 2. The van der Waals surface area contributed by atoms with E-state index >= 15 is 0 Å². The first-order chi connectivity index (χ1) is 13.9. The van der Waals surface area contributed by atoms with E-state index in [4.69, 9.17) is 4.74 Å². The topological polar surface area (TPSA) is 60.7 Å². The van der Waals surface area contributed by atoms with Gasteiger partial charge in [-0.3, -0.25) is 9.59 Å². The number of ether oxygens (including phenoxy) is 1. The number of amides is 1. The van der Waals surface area contributed by atoms with Gasteiger partial charge in [0.2, 0.25) is 5.91 Å². The number of carbonyl (C=O) groups excluding carboxylic acids is 2. The van der Waals surface area contributed by atoms with E-state index in [0.29, 0.717) is 17.0 Å². The van der Waals surface area contributed by atoms with Crippen molar-refractivity contribution in [2.75, 3.05) is 12.9 Å². The average Bonchev–Trinajstić information content (AvgIpc) is 2.99. The first kappa shape index (κ1) is 21.3. The van der Waals surface area contributed by atoms with Gasteiger partial charge >= 0.3 is 5.97 Å². The molecule has 29 heavy (non-hydrogen) atoms. The zero-order valence-electron chi connectivity index (χ0n) is 17.0. The molecule has 0 fully saturated rings. The molecule has 2 aromatic carbocycles. The van der Waals surface area contributed by atoms with Crippen LogP contribution < -0.4 is 4.80 Å². The molecule has 5 nitrogen and oxygen atoms in total. The number of nitrogens with zero attached hydrogens (tertiary/aromatic N) is 2. The number of aryl methyl sites for hydroxylation is 3. The molecule has 0 aliphatic carbocycles. The second-order valence-corrected chi connectivity index (χ2v) is 9.05. The standard InChI is InChI=1S/C22H24N2O3S2/c1-14-5-7-17(8-6-14)28-10-9-20(25)23-22-24(13-21(26)27-4)18-11-15(2)16(3)12-19(18)29-22/h5-8,11-12H,9-10,13H2,1-4H3. The minimum Gasteiger partial charge on any atom is -0.468 e. The molecule has 0 aliphatic rings. The minimum atomic E-state index is -0.369. The Hall–Kier alpha value is -2.38. The van der Waals surface area contributed by atoms with Crippen LogP contribution in [-0.4, -0.2) is 29.3 Å². The van der Waals surface area contributed by atoms with Crippen LogP contribution in [0, 0.1) is 20.8 Å². The first-order valence-corrected chi connectivity index (χ1v) is 11.1. The van der Waals surface area contributed by atoms with Crippen molar-refractivity contribution in [1.29, 1.82) is 0 Å². The fraction of sp³-hybridized carbons (Fsp3) is 0.318. The number of rotatable bonds is 6. The molecular weight excluding hydrogens is 404 g/mol. The van der Waals surface area contributed by atoms with Gasteiger partial charge in [-0.05, 0) is 56.2 Å². The largest absolute Gasteiger partial charge is 0.468 e. The van der Waals surface area contributed by atoms with Crippen LogP contribution in [0.15, 0.2) is 46.3 Å². The van der Waals surface area contributed by atoms with Gasteiger partial charge in [-0.15, -0.1) is 11.8 Å². The van der Waals surface area contributed by atoms with Crippen molar-refractivity contribution in [3.8, 4) is 0 Å². The SMILES string of the molecule is COC(=O)Cn1c(=NC(=O)CCSc2ccc(C)cc2)sc2cc(C)c(C)cc21. The zero-order chi connectivity index (χ0) is 21.0. The van der Waals surface area contributed by atoms with Crippen molar-refractivity contribution in [3.05, 3.63) is 57.9 Å². The van der Waals surface area contributed by atoms with E-state index in [2.05, 4.69) is 42.2 Å².